The molecule has 23 heavy (non-hydrogen) atoms. The first-order valence-corrected chi connectivity index (χ1v) is 7.09. The standard InChI is InChI=1S/C15H15N5O3/c1-3-20-14(22)10-6-4-5-7-11(10)16-15(20)18-17-13(21)12-8-9(2)19-23-12/h4-8H,3H2,1-2H3,(H,16,18)(H,17,21). The molecule has 0 bridgehead atoms. The molecule has 0 atom stereocenters. The lowest BCUT2D eigenvalue weighted by atomic mass is 10.2. The number of hydrazine groups is 1. The summed E-state index contributed by atoms with van der Waals surface area (Å²) in [6.07, 6.45) is 0. The number of carbonyl (C=O) groups is 1. The lowest BCUT2D eigenvalue weighted by Gasteiger charge is -2.13. The van der Waals surface area contributed by atoms with Crippen LogP contribution in [0.1, 0.15) is 23.2 Å². The fourth-order valence-electron chi connectivity index (χ4n) is 2.20. The molecule has 8 heteroatoms. The monoisotopic (exact) mass is 313 g/mol. The van der Waals surface area contributed by atoms with Gasteiger partial charge < -0.3 is 4.52 Å². The van der Waals surface area contributed by atoms with E-state index in [4.69, 9.17) is 4.52 Å². The quantitative estimate of drug-likeness (QED) is 0.707. The van der Waals surface area contributed by atoms with Crippen LogP contribution < -0.4 is 16.4 Å². The summed E-state index contributed by atoms with van der Waals surface area (Å²) in [5, 5.41) is 4.17. The van der Waals surface area contributed by atoms with Gasteiger partial charge in [0.05, 0.1) is 16.6 Å². The average molecular weight is 313 g/mol. The maximum absolute atomic E-state index is 12.4. The summed E-state index contributed by atoms with van der Waals surface area (Å²) in [6, 6.07) is 8.55. The van der Waals surface area contributed by atoms with Gasteiger partial charge in [-0.2, -0.15) is 0 Å². The number of fused-ring (bicyclic) bond motifs is 1. The zero-order valence-electron chi connectivity index (χ0n) is 12.7. The largest absolute Gasteiger partial charge is 0.351 e. The van der Waals surface area contributed by atoms with Crippen LogP contribution in [0.15, 0.2) is 39.6 Å². The average Bonchev–Trinajstić information content (AvgIpc) is 2.99. The highest BCUT2D eigenvalue weighted by Gasteiger charge is 2.13. The maximum Gasteiger partial charge on any atom is 0.308 e. The summed E-state index contributed by atoms with van der Waals surface area (Å²) in [6.45, 7) is 3.95. The predicted molar refractivity (Wildman–Crippen MR) is 84.0 cm³/mol. The van der Waals surface area contributed by atoms with Crippen LogP contribution in [-0.4, -0.2) is 20.6 Å². The lowest BCUT2D eigenvalue weighted by Crippen LogP contribution is -2.34. The summed E-state index contributed by atoms with van der Waals surface area (Å²) in [7, 11) is 0. The van der Waals surface area contributed by atoms with E-state index in [0.717, 1.165) is 0 Å². The van der Waals surface area contributed by atoms with Crippen molar-refractivity contribution >= 4 is 22.8 Å². The molecule has 0 spiro atoms. The van der Waals surface area contributed by atoms with Gasteiger partial charge in [-0.3, -0.25) is 25.0 Å². The summed E-state index contributed by atoms with van der Waals surface area (Å²) in [5.74, 6) is -0.183. The van der Waals surface area contributed by atoms with Gasteiger partial charge in [-0.05, 0) is 26.0 Å². The number of carbonyl (C=O) groups excluding carboxylic acids is 1. The number of nitrogens with one attached hydrogen (secondary N) is 2. The van der Waals surface area contributed by atoms with E-state index in [0.29, 0.717) is 23.1 Å². The maximum atomic E-state index is 12.4. The van der Waals surface area contributed by atoms with Crippen molar-refractivity contribution in [2.75, 3.05) is 5.43 Å². The Bertz CT molecular complexity index is 928. The van der Waals surface area contributed by atoms with Gasteiger partial charge in [0.15, 0.2) is 0 Å². The molecule has 2 aromatic heterocycles. The van der Waals surface area contributed by atoms with E-state index >= 15 is 0 Å². The zero-order chi connectivity index (χ0) is 16.4. The van der Waals surface area contributed by atoms with Crippen LogP contribution in [0.25, 0.3) is 10.9 Å². The van der Waals surface area contributed by atoms with E-state index in [2.05, 4.69) is 21.0 Å². The van der Waals surface area contributed by atoms with Crippen molar-refractivity contribution in [1.82, 2.24) is 20.1 Å². The third-order valence-corrected chi connectivity index (χ3v) is 3.32. The molecule has 0 unspecified atom stereocenters. The van der Waals surface area contributed by atoms with Gasteiger partial charge in [-0.1, -0.05) is 17.3 Å². The number of nitrogens with zero attached hydrogens (tertiary/aromatic N) is 3. The molecule has 0 aliphatic carbocycles. The van der Waals surface area contributed by atoms with Gasteiger partial charge in [-0.25, -0.2) is 4.98 Å². The van der Waals surface area contributed by atoms with Crippen molar-refractivity contribution in [3.8, 4) is 0 Å². The van der Waals surface area contributed by atoms with E-state index in [1.165, 1.54) is 10.6 Å². The van der Waals surface area contributed by atoms with Crippen LogP contribution in [0, 0.1) is 6.92 Å². The Kier molecular flexibility index (Phi) is 3.80. The fraction of sp³-hybridized carbons (Fsp3) is 0.200. The first-order valence-electron chi connectivity index (χ1n) is 7.09. The van der Waals surface area contributed by atoms with Crippen molar-refractivity contribution in [2.24, 2.45) is 0 Å². The molecular formula is C15H15N5O3. The van der Waals surface area contributed by atoms with E-state index in [1.807, 2.05) is 6.92 Å². The number of aryl methyl sites for hydroxylation is 1. The van der Waals surface area contributed by atoms with E-state index in [1.54, 1.807) is 31.2 Å². The normalized spacial score (nSPS) is 10.7. The van der Waals surface area contributed by atoms with E-state index in [-0.39, 0.29) is 17.3 Å². The Morgan fingerprint density at radius 1 is 1.35 bits per heavy atom. The van der Waals surface area contributed by atoms with Gasteiger partial charge in [-0.15, -0.1) is 0 Å². The molecule has 2 N–H and O–H groups in total. The van der Waals surface area contributed by atoms with Crippen LogP contribution in [0.3, 0.4) is 0 Å². The van der Waals surface area contributed by atoms with Crippen LogP contribution in [-0.2, 0) is 6.54 Å². The Labute approximate surface area is 131 Å². The second-order valence-corrected chi connectivity index (χ2v) is 4.91. The summed E-state index contributed by atoms with van der Waals surface area (Å²) >= 11 is 0. The number of para-hydroxylation sites is 1. The van der Waals surface area contributed by atoms with Crippen LogP contribution in [0.5, 0.6) is 0 Å². The molecular weight excluding hydrogens is 298 g/mol. The summed E-state index contributed by atoms with van der Waals surface area (Å²) < 4.78 is 6.31. The van der Waals surface area contributed by atoms with Crippen molar-refractivity contribution in [1.29, 1.82) is 0 Å². The van der Waals surface area contributed by atoms with Gasteiger partial charge in [0, 0.05) is 12.6 Å². The van der Waals surface area contributed by atoms with Crippen molar-refractivity contribution in [3.05, 3.63) is 52.1 Å². The molecule has 0 saturated carbocycles. The number of anilines is 1. The fourth-order valence-corrected chi connectivity index (χ4v) is 2.20. The van der Waals surface area contributed by atoms with Crippen LogP contribution in [0.2, 0.25) is 0 Å². The van der Waals surface area contributed by atoms with E-state index < -0.39 is 5.91 Å². The predicted octanol–water partition coefficient (Wildman–Crippen LogP) is 1.47. The molecule has 118 valence electrons. The molecule has 8 nitrogen and oxygen atoms in total. The molecule has 0 saturated heterocycles. The second kappa shape index (κ2) is 5.91. The molecule has 1 aromatic carbocycles. The van der Waals surface area contributed by atoms with Gasteiger partial charge in [0.25, 0.3) is 5.56 Å². The summed E-state index contributed by atoms with van der Waals surface area (Å²) in [4.78, 5) is 28.8. The molecule has 0 fully saturated rings. The highest BCUT2D eigenvalue weighted by atomic mass is 16.5. The van der Waals surface area contributed by atoms with Gasteiger partial charge in [0.1, 0.15) is 0 Å². The Hall–Kier alpha value is -3.16. The van der Waals surface area contributed by atoms with Crippen molar-refractivity contribution in [3.63, 3.8) is 0 Å². The Morgan fingerprint density at radius 2 is 2.13 bits per heavy atom. The minimum Gasteiger partial charge on any atom is -0.351 e. The number of aromatic nitrogens is 3. The van der Waals surface area contributed by atoms with E-state index in [9.17, 15) is 9.59 Å². The second-order valence-electron chi connectivity index (χ2n) is 4.91. The number of benzene rings is 1. The molecule has 0 radical (unpaired) electrons. The SMILES string of the molecule is CCn1c(NNC(=O)c2cc(C)no2)nc2ccccc2c1=O. The molecule has 3 rings (SSSR count). The highest BCUT2D eigenvalue weighted by Crippen LogP contribution is 2.10. The Morgan fingerprint density at radius 3 is 2.83 bits per heavy atom. The highest BCUT2D eigenvalue weighted by molar-refractivity contribution is 5.92. The third-order valence-electron chi connectivity index (χ3n) is 3.32. The number of hydrogen-bond acceptors (Lipinski definition) is 6. The van der Waals surface area contributed by atoms with Crippen LogP contribution in [0.4, 0.5) is 5.95 Å². The molecule has 0 aliphatic rings. The van der Waals surface area contributed by atoms with Gasteiger partial charge in [0.2, 0.25) is 11.7 Å². The minimum atomic E-state index is -0.504. The van der Waals surface area contributed by atoms with Crippen LogP contribution >= 0.6 is 0 Å². The third kappa shape index (κ3) is 2.78. The lowest BCUT2D eigenvalue weighted by molar-refractivity contribution is 0.0925. The Balaban J connectivity index is 1.90. The molecule has 1 amide bonds. The minimum absolute atomic E-state index is 0.0705. The summed E-state index contributed by atoms with van der Waals surface area (Å²) in [5.41, 5.74) is 6.10. The van der Waals surface area contributed by atoms with Gasteiger partial charge >= 0.3 is 5.91 Å². The molecule has 2 heterocycles. The smallest absolute Gasteiger partial charge is 0.308 e. The number of hydrogen-bond donors (Lipinski definition) is 2. The zero-order valence-corrected chi connectivity index (χ0v) is 12.7. The number of amides is 1. The van der Waals surface area contributed by atoms with Crippen molar-refractivity contribution in [2.45, 2.75) is 20.4 Å². The first kappa shape index (κ1) is 14.8. The molecule has 3 aromatic rings. The molecule has 0 aliphatic heterocycles. The topological polar surface area (TPSA) is 102 Å². The van der Waals surface area contributed by atoms with Crippen molar-refractivity contribution < 1.29 is 9.32 Å². The first-order chi connectivity index (χ1) is 11.1. The number of rotatable bonds is 4.